The Bertz CT molecular complexity index is 1980. The molecule has 0 unspecified atom stereocenters. The quantitative estimate of drug-likeness (QED) is 0.204. The molecule has 3 heteroatoms. The molecule has 206 valence electrons. The Kier molecular flexibility index (Phi) is 6.56. The van der Waals surface area contributed by atoms with Crippen molar-refractivity contribution >= 4 is 32.5 Å². The minimum atomic E-state index is 0.216. The van der Waals surface area contributed by atoms with E-state index in [1.54, 1.807) is 11.3 Å². The van der Waals surface area contributed by atoms with Gasteiger partial charge >= 0.3 is 0 Å². The van der Waals surface area contributed by atoms with Gasteiger partial charge in [-0.25, -0.2) is 4.98 Å². The van der Waals surface area contributed by atoms with E-state index in [4.69, 9.17) is 4.98 Å². The van der Waals surface area contributed by atoms with Crippen molar-refractivity contribution in [2.75, 3.05) is 0 Å². The molecule has 0 bridgehead atoms. The summed E-state index contributed by atoms with van der Waals surface area (Å²) in [7, 11) is 0. The third-order valence-electron chi connectivity index (χ3n) is 7.82. The number of hydrogen-bond acceptors (Lipinski definition) is 2. The van der Waals surface area contributed by atoms with E-state index < -0.39 is 0 Å². The molecule has 7 rings (SSSR count). The SMILES string of the molecule is Cc1cc(-c2ccccc2)c(-n2c(-c3csc4ccc(CC(C)(C)C)cc34)nc3ccccc32)c(-c2ccccc2)c1. The largest absolute Gasteiger partial charge is 0.291 e. The van der Waals surface area contributed by atoms with Crippen LogP contribution in [0.15, 0.2) is 121 Å². The topological polar surface area (TPSA) is 17.8 Å². The van der Waals surface area contributed by atoms with Crippen molar-refractivity contribution in [3.8, 4) is 39.3 Å². The molecule has 2 nitrogen and oxygen atoms in total. The average molecular weight is 563 g/mol. The monoisotopic (exact) mass is 562 g/mol. The van der Waals surface area contributed by atoms with Gasteiger partial charge in [0.1, 0.15) is 5.82 Å². The van der Waals surface area contributed by atoms with Gasteiger partial charge in [-0.2, -0.15) is 0 Å². The zero-order chi connectivity index (χ0) is 28.8. The lowest BCUT2D eigenvalue weighted by Crippen LogP contribution is -2.08. The van der Waals surface area contributed by atoms with Crippen LogP contribution in [-0.4, -0.2) is 9.55 Å². The van der Waals surface area contributed by atoms with Crippen LogP contribution in [0.3, 0.4) is 0 Å². The number of aromatic nitrogens is 2. The van der Waals surface area contributed by atoms with Crippen LogP contribution in [0, 0.1) is 12.3 Å². The number of para-hydroxylation sites is 2. The predicted octanol–water partition coefficient (Wildman–Crippen LogP) is 11.1. The Balaban J connectivity index is 1.58. The smallest absolute Gasteiger partial charge is 0.147 e. The maximum Gasteiger partial charge on any atom is 0.147 e. The van der Waals surface area contributed by atoms with E-state index in [2.05, 4.69) is 153 Å². The van der Waals surface area contributed by atoms with E-state index in [1.807, 2.05) is 0 Å². The van der Waals surface area contributed by atoms with Crippen molar-refractivity contribution in [2.24, 2.45) is 5.41 Å². The van der Waals surface area contributed by atoms with Crippen LogP contribution in [-0.2, 0) is 6.42 Å². The van der Waals surface area contributed by atoms with Crippen molar-refractivity contribution in [3.05, 3.63) is 132 Å². The van der Waals surface area contributed by atoms with Gasteiger partial charge in [-0.15, -0.1) is 11.3 Å². The number of fused-ring (bicyclic) bond motifs is 2. The number of hydrogen-bond donors (Lipinski definition) is 0. The Labute approximate surface area is 251 Å². The minimum absolute atomic E-state index is 0.216. The molecule has 0 saturated carbocycles. The van der Waals surface area contributed by atoms with Gasteiger partial charge in [0.2, 0.25) is 0 Å². The fourth-order valence-corrected chi connectivity index (χ4v) is 7.02. The Hall–Kier alpha value is -4.47. The van der Waals surface area contributed by atoms with Crippen molar-refractivity contribution in [2.45, 2.75) is 34.1 Å². The molecule has 0 aliphatic heterocycles. The zero-order valence-electron chi connectivity index (χ0n) is 24.6. The van der Waals surface area contributed by atoms with Crippen LogP contribution >= 0.6 is 11.3 Å². The zero-order valence-corrected chi connectivity index (χ0v) is 25.4. The molecule has 7 aromatic rings. The van der Waals surface area contributed by atoms with Crippen LogP contribution in [0.25, 0.3) is 60.4 Å². The third-order valence-corrected chi connectivity index (χ3v) is 8.78. The fourth-order valence-electron chi connectivity index (χ4n) is 6.10. The second kappa shape index (κ2) is 10.4. The summed E-state index contributed by atoms with van der Waals surface area (Å²) in [4.78, 5) is 5.35. The summed E-state index contributed by atoms with van der Waals surface area (Å²) in [6.45, 7) is 9.11. The Morgan fingerprint density at radius 1 is 0.690 bits per heavy atom. The van der Waals surface area contributed by atoms with Gasteiger partial charge in [-0.1, -0.05) is 99.6 Å². The summed E-state index contributed by atoms with van der Waals surface area (Å²) in [5.41, 5.74) is 12.0. The maximum atomic E-state index is 5.35. The minimum Gasteiger partial charge on any atom is -0.291 e. The highest BCUT2D eigenvalue weighted by Gasteiger charge is 2.23. The van der Waals surface area contributed by atoms with Crippen molar-refractivity contribution in [1.29, 1.82) is 0 Å². The molecule has 0 atom stereocenters. The molecule has 0 N–H and O–H groups in total. The van der Waals surface area contributed by atoms with E-state index in [0.29, 0.717) is 0 Å². The lowest BCUT2D eigenvalue weighted by molar-refractivity contribution is 0.411. The second-order valence-electron chi connectivity index (χ2n) is 12.4. The first-order valence-electron chi connectivity index (χ1n) is 14.6. The molecule has 0 fully saturated rings. The van der Waals surface area contributed by atoms with Gasteiger partial charge in [0.05, 0.1) is 16.7 Å². The number of benzene rings is 5. The lowest BCUT2D eigenvalue weighted by Gasteiger charge is -2.21. The van der Waals surface area contributed by atoms with Gasteiger partial charge in [0, 0.05) is 32.2 Å². The van der Waals surface area contributed by atoms with Crippen LogP contribution in [0.1, 0.15) is 31.9 Å². The molecular weight excluding hydrogens is 529 g/mol. The van der Waals surface area contributed by atoms with Crippen LogP contribution in [0.4, 0.5) is 0 Å². The van der Waals surface area contributed by atoms with Gasteiger partial charge in [-0.3, -0.25) is 4.57 Å². The molecule has 0 aliphatic carbocycles. The van der Waals surface area contributed by atoms with E-state index >= 15 is 0 Å². The number of imidazole rings is 1. The summed E-state index contributed by atoms with van der Waals surface area (Å²) in [6.07, 6.45) is 1.03. The van der Waals surface area contributed by atoms with Crippen molar-refractivity contribution < 1.29 is 0 Å². The molecular formula is C39H34N2S. The van der Waals surface area contributed by atoms with Crippen molar-refractivity contribution in [1.82, 2.24) is 9.55 Å². The van der Waals surface area contributed by atoms with E-state index in [-0.39, 0.29) is 5.41 Å². The van der Waals surface area contributed by atoms with E-state index in [1.165, 1.54) is 49.0 Å². The highest BCUT2D eigenvalue weighted by Crippen LogP contribution is 2.43. The first kappa shape index (κ1) is 26.4. The highest BCUT2D eigenvalue weighted by molar-refractivity contribution is 7.17. The summed E-state index contributed by atoms with van der Waals surface area (Å²) < 4.78 is 3.70. The van der Waals surface area contributed by atoms with Crippen molar-refractivity contribution in [3.63, 3.8) is 0 Å². The molecule has 2 heterocycles. The molecule has 5 aromatic carbocycles. The molecule has 0 radical (unpaired) electrons. The fraction of sp³-hybridized carbons (Fsp3) is 0.154. The molecule has 0 aliphatic rings. The standard InChI is InChI=1S/C39H34N2S/c1-26-21-30(28-13-7-5-8-14-28)37(31(22-26)29-15-9-6-10-16-29)41-35-18-12-11-17-34(35)40-38(41)33-25-42-36-20-19-27(23-32(33)36)24-39(2,3)4/h5-23,25H,24H2,1-4H3. The molecule has 42 heavy (non-hydrogen) atoms. The summed E-state index contributed by atoms with van der Waals surface area (Å²) in [5, 5.41) is 3.56. The normalized spacial score (nSPS) is 11.9. The summed E-state index contributed by atoms with van der Waals surface area (Å²) >= 11 is 1.80. The van der Waals surface area contributed by atoms with Crippen LogP contribution in [0.2, 0.25) is 0 Å². The maximum absolute atomic E-state index is 5.35. The second-order valence-corrected chi connectivity index (χ2v) is 13.3. The Morgan fingerprint density at radius 2 is 1.31 bits per heavy atom. The Morgan fingerprint density at radius 3 is 1.95 bits per heavy atom. The molecule has 0 saturated heterocycles. The number of thiophene rings is 1. The third kappa shape index (κ3) is 4.84. The number of rotatable bonds is 5. The van der Waals surface area contributed by atoms with Gasteiger partial charge < -0.3 is 0 Å². The summed E-state index contributed by atoms with van der Waals surface area (Å²) in [6, 6.07) is 41.7. The lowest BCUT2D eigenvalue weighted by atomic mass is 9.88. The predicted molar refractivity (Wildman–Crippen MR) is 181 cm³/mol. The first-order chi connectivity index (χ1) is 20.4. The van der Waals surface area contributed by atoms with Crippen LogP contribution in [0.5, 0.6) is 0 Å². The number of nitrogens with zero attached hydrogens (tertiary/aromatic N) is 2. The van der Waals surface area contributed by atoms with Gasteiger partial charge in [0.25, 0.3) is 0 Å². The molecule has 2 aromatic heterocycles. The highest BCUT2D eigenvalue weighted by atomic mass is 32.1. The first-order valence-corrected chi connectivity index (χ1v) is 15.5. The summed E-state index contributed by atoms with van der Waals surface area (Å²) in [5.74, 6) is 0.980. The molecule has 0 spiro atoms. The van der Waals surface area contributed by atoms with Gasteiger partial charge in [-0.05, 0) is 77.4 Å². The van der Waals surface area contributed by atoms with Gasteiger partial charge in [0.15, 0.2) is 0 Å². The average Bonchev–Trinajstić information content (AvgIpc) is 3.58. The van der Waals surface area contributed by atoms with Crippen LogP contribution < -0.4 is 0 Å². The van der Waals surface area contributed by atoms with E-state index in [9.17, 15) is 0 Å². The number of aryl methyl sites for hydroxylation is 1. The van der Waals surface area contributed by atoms with E-state index in [0.717, 1.165) is 29.0 Å². The molecule has 0 amide bonds.